The van der Waals surface area contributed by atoms with Crippen molar-refractivity contribution in [2.24, 2.45) is 4.99 Å². The van der Waals surface area contributed by atoms with E-state index in [0.29, 0.717) is 22.1 Å². The van der Waals surface area contributed by atoms with E-state index in [2.05, 4.69) is 20.5 Å². The lowest BCUT2D eigenvalue weighted by Crippen LogP contribution is -1.92. The highest BCUT2D eigenvalue weighted by molar-refractivity contribution is 6.30. The second-order valence-electron chi connectivity index (χ2n) is 5.20. The maximum absolute atomic E-state index is 13.7. The number of aliphatic imine (C=N–C) groups is 1. The highest BCUT2D eigenvalue weighted by atomic mass is 35.5. The van der Waals surface area contributed by atoms with Crippen LogP contribution in [0.5, 0.6) is 5.75 Å². The van der Waals surface area contributed by atoms with E-state index in [9.17, 15) is 9.65 Å². The summed E-state index contributed by atoms with van der Waals surface area (Å²) in [5.74, 6) is 0.228. The Balaban J connectivity index is 1.84. The summed E-state index contributed by atoms with van der Waals surface area (Å²) in [7, 11) is 1.39. The molecule has 1 aromatic heterocycles. The van der Waals surface area contributed by atoms with Crippen LogP contribution in [0.25, 0.3) is 0 Å². The lowest BCUT2D eigenvalue weighted by Gasteiger charge is -2.04. The summed E-state index contributed by atoms with van der Waals surface area (Å²) in [4.78, 5) is 4.16. The molecule has 3 rings (SSSR count). The van der Waals surface area contributed by atoms with Gasteiger partial charge in [-0.3, -0.25) is 5.10 Å². The number of rotatable bonds is 5. The predicted octanol–water partition coefficient (Wildman–Crippen LogP) is 4.58. The smallest absolute Gasteiger partial charge is 0.193 e. The van der Waals surface area contributed by atoms with Crippen molar-refractivity contribution >= 4 is 35.1 Å². The minimum Gasteiger partial charge on any atom is -0.494 e. The van der Waals surface area contributed by atoms with Crippen molar-refractivity contribution in [2.75, 3.05) is 12.4 Å². The Morgan fingerprint density at radius 1 is 1.35 bits per heavy atom. The zero-order valence-electron chi connectivity index (χ0n) is 13.6. The van der Waals surface area contributed by atoms with E-state index in [0.717, 1.165) is 0 Å². The molecule has 0 spiro atoms. The SMILES string of the molecule is COc1ccc(C=Nc2n[nH]c(Nc3cccc(Cl)c3)c2C#N)cc1F. The first-order valence-electron chi connectivity index (χ1n) is 7.49. The molecule has 2 N–H and O–H groups in total. The van der Waals surface area contributed by atoms with Gasteiger partial charge in [0.1, 0.15) is 17.5 Å². The number of H-pyrrole nitrogens is 1. The van der Waals surface area contributed by atoms with Crippen LogP contribution in [-0.4, -0.2) is 23.5 Å². The van der Waals surface area contributed by atoms with Gasteiger partial charge in [-0.25, -0.2) is 9.38 Å². The first kappa shape index (κ1) is 17.5. The third-order valence-electron chi connectivity index (χ3n) is 3.46. The summed E-state index contributed by atoms with van der Waals surface area (Å²) in [6.45, 7) is 0. The molecule has 0 bridgehead atoms. The van der Waals surface area contributed by atoms with Gasteiger partial charge < -0.3 is 10.1 Å². The van der Waals surface area contributed by atoms with E-state index in [1.165, 1.54) is 25.5 Å². The van der Waals surface area contributed by atoms with Gasteiger partial charge in [0.05, 0.1) is 7.11 Å². The second kappa shape index (κ2) is 7.68. The van der Waals surface area contributed by atoms with Crippen molar-refractivity contribution in [3.63, 3.8) is 0 Å². The number of methoxy groups -OCH3 is 1. The molecular weight excluding hydrogens is 357 g/mol. The molecule has 6 nitrogen and oxygen atoms in total. The van der Waals surface area contributed by atoms with Gasteiger partial charge in [-0.15, -0.1) is 0 Å². The summed E-state index contributed by atoms with van der Waals surface area (Å²) in [6.07, 6.45) is 1.42. The molecule has 0 aliphatic heterocycles. The molecule has 0 aliphatic carbocycles. The molecule has 2 aromatic carbocycles. The summed E-state index contributed by atoms with van der Waals surface area (Å²) in [5.41, 5.74) is 1.44. The number of nitrogens with zero attached hydrogens (tertiary/aromatic N) is 3. The highest BCUT2D eigenvalue weighted by Crippen LogP contribution is 2.27. The number of hydrogen-bond donors (Lipinski definition) is 2. The Kier molecular flexibility index (Phi) is 5.15. The van der Waals surface area contributed by atoms with Gasteiger partial charge in [-0.2, -0.15) is 10.4 Å². The molecule has 0 fully saturated rings. The molecular formula is C18H13ClFN5O. The van der Waals surface area contributed by atoms with Gasteiger partial charge >= 0.3 is 0 Å². The lowest BCUT2D eigenvalue weighted by atomic mass is 10.2. The topological polar surface area (TPSA) is 86.1 Å². The molecule has 0 saturated carbocycles. The fourth-order valence-corrected chi connectivity index (χ4v) is 2.42. The Hall–Kier alpha value is -3.37. The summed E-state index contributed by atoms with van der Waals surface area (Å²) < 4.78 is 18.6. The van der Waals surface area contributed by atoms with Crippen molar-refractivity contribution in [3.05, 3.63) is 64.4 Å². The Morgan fingerprint density at radius 2 is 2.19 bits per heavy atom. The molecule has 0 unspecified atom stereocenters. The number of hydrogen-bond acceptors (Lipinski definition) is 5. The van der Waals surface area contributed by atoms with Gasteiger partial charge in [0, 0.05) is 16.9 Å². The molecule has 0 saturated heterocycles. The maximum atomic E-state index is 13.7. The van der Waals surface area contributed by atoms with E-state index in [-0.39, 0.29) is 17.1 Å². The lowest BCUT2D eigenvalue weighted by molar-refractivity contribution is 0.386. The van der Waals surface area contributed by atoms with Crippen molar-refractivity contribution in [3.8, 4) is 11.8 Å². The van der Waals surface area contributed by atoms with Crippen LogP contribution in [0.3, 0.4) is 0 Å². The summed E-state index contributed by atoms with van der Waals surface area (Å²) >= 11 is 5.95. The average Bonchev–Trinajstić information content (AvgIpc) is 3.01. The van der Waals surface area contributed by atoms with Gasteiger partial charge in [-0.05, 0) is 42.0 Å². The molecule has 1 heterocycles. The minimum absolute atomic E-state index is 0.146. The largest absolute Gasteiger partial charge is 0.494 e. The number of benzene rings is 2. The van der Waals surface area contributed by atoms with E-state index in [1.807, 2.05) is 6.07 Å². The number of aromatic nitrogens is 2. The third kappa shape index (κ3) is 3.82. The fourth-order valence-electron chi connectivity index (χ4n) is 2.23. The molecule has 0 aliphatic rings. The monoisotopic (exact) mass is 369 g/mol. The minimum atomic E-state index is -0.498. The van der Waals surface area contributed by atoms with E-state index >= 15 is 0 Å². The van der Waals surface area contributed by atoms with Crippen LogP contribution < -0.4 is 10.1 Å². The van der Waals surface area contributed by atoms with Crippen LogP contribution in [0.1, 0.15) is 11.1 Å². The number of anilines is 2. The first-order valence-corrected chi connectivity index (χ1v) is 7.87. The molecule has 26 heavy (non-hydrogen) atoms. The number of halogens is 2. The van der Waals surface area contributed by atoms with Crippen molar-refractivity contribution in [1.29, 1.82) is 5.26 Å². The zero-order chi connectivity index (χ0) is 18.5. The molecule has 130 valence electrons. The van der Waals surface area contributed by atoms with Gasteiger partial charge in [0.15, 0.2) is 17.4 Å². The number of aromatic amines is 1. The van der Waals surface area contributed by atoms with Crippen molar-refractivity contribution in [1.82, 2.24) is 10.2 Å². The standard InChI is InChI=1S/C18H13ClFN5O/c1-26-16-6-5-11(7-15(16)20)10-22-17-14(9-21)18(25-24-17)23-13-4-2-3-12(19)8-13/h2-8,10H,1H3,(H2,23,24,25). The second-order valence-corrected chi connectivity index (χ2v) is 5.63. The van der Waals surface area contributed by atoms with Crippen LogP contribution in [0.15, 0.2) is 47.5 Å². The first-order chi connectivity index (χ1) is 12.6. The average molecular weight is 370 g/mol. The summed E-state index contributed by atoms with van der Waals surface area (Å²) in [5, 5.41) is 19.7. The van der Waals surface area contributed by atoms with E-state index < -0.39 is 5.82 Å². The van der Waals surface area contributed by atoms with Crippen LogP contribution in [0.4, 0.5) is 21.7 Å². The number of ether oxygens (including phenoxy) is 1. The van der Waals surface area contributed by atoms with Crippen LogP contribution in [-0.2, 0) is 0 Å². The Bertz CT molecular complexity index is 1010. The van der Waals surface area contributed by atoms with Crippen LogP contribution in [0, 0.1) is 17.1 Å². The maximum Gasteiger partial charge on any atom is 0.193 e. The zero-order valence-corrected chi connectivity index (χ0v) is 14.4. The molecule has 8 heteroatoms. The third-order valence-corrected chi connectivity index (χ3v) is 3.70. The van der Waals surface area contributed by atoms with Gasteiger partial charge in [-0.1, -0.05) is 17.7 Å². The van der Waals surface area contributed by atoms with Crippen molar-refractivity contribution in [2.45, 2.75) is 0 Å². The number of nitrogens with one attached hydrogen (secondary N) is 2. The van der Waals surface area contributed by atoms with Crippen LogP contribution in [0.2, 0.25) is 5.02 Å². The Labute approximate surface area is 153 Å². The van der Waals surface area contributed by atoms with Crippen LogP contribution >= 0.6 is 11.6 Å². The van der Waals surface area contributed by atoms with E-state index in [1.54, 1.807) is 30.3 Å². The van der Waals surface area contributed by atoms with Gasteiger partial charge in [0.2, 0.25) is 0 Å². The number of nitriles is 1. The van der Waals surface area contributed by atoms with Gasteiger partial charge in [0.25, 0.3) is 0 Å². The molecule has 0 radical (unpaired) electrons. The van der Waals surface area contributed by atoms with Crippen molar-refractivity contribution < 1.29 is 9.13 Å². The highest BCUT2D eigenvalue weighted by Gasteiger charge is 2.12. The quantitative estimate of drug-likeness (QED) is 0.644. The molecule has 0 atom stereocenters. The normalized spacial score (nSPS) is 10.7. The Morgan fingerprint density at radius 3 is 2.88 bits per heavy atom. The molecule has 0 amide bonds. The fraction of sp³-hybridized carbons (Fsp3) is 0.0556. The summed E-state index contributed by atoms with van der Waals surface area (Å²) in [6, 6.07) is 13.5. The predicted molar refractivity (Wildman–Crippen MR) is 98.2 cm³/mol. The molecule has 3 aromatic rings. The van der Waals surface area contributed by atoms with E-state index in [4.69, 9.17) is 16.3 Å².